The highest BCUT2D eigenvalue weighted by Crippen LogP contribution is 2.32. The zero-order chi connectivity index (χ0) is 24.9. The summed E-state index contributed by atoms with van der Waals surface area (Å²) in [5, 5.41) is 2.22. The fraction of sp³-hybridized carbons (Fsp3) is 0.571. The Morgan fingerprint density at radius 2 is 1.91 bits per heavy atom. The van der Waals surface area contributed by atoms with Crippen LogP contribution < -0.4 is 16.0 Å². The van der Waals surface area contributed by atoms with Gasteiger partial charge in [-0.3, -0.25) is 19.3 Å². The van der Waals surface area contributed by atoms with Crippen molar-refractivity contribution in [1.82, 2.24) is 4.90 Å². The number of rotatable bonds is 9. The fourth-order valence-corrected chi connectivity index (χ4v) is 3.53. The second kappa shape index (κ2) is 10.9. The maximum atomic E-state index is 13.8. The molecule has 0 aromatic heterocycles. The number of carbonyl (C=O) groups is 3. The van der Waals surface area contributed by atoms with Crippen molar-refractivity contribution in [2.75, 3.05) is 43.1 Å². The molecular formula is C21H28F4N4O4. The van der Waals surface area contributed by atoms with Crippen LogP contribution in [0.4, 0.5) is 28.9 Å². The molecule has 0 spiro atoms. The van der Waals surface area contributed by atoms with Gasteiger partial charge in [0.1, 0.15) is 6.61 Å². The number of nitrogens with two attached hydrogens (primary N) is 1. The largest absolute Gasteiger partial charge is 0.370 e. The maximum absolute atomic E-state index is 13.8. The van der Waals surface area contributed by atoms with Gasteiger partial charge in [-0.05, 0) is 23.6 Å². The van der Waals surface area contributed by atoms with E-state index in [-0.39, 0.29) is 37.7 Å². The fourth-order valence-electron chi connectivity index (χ4n) is 3.53. The predicted octanol–water partition coefficient (Wildman–Crippen LogP) is 2.39. The van der Waals surface area contributed by atoms with Crippen molar-refractivity contribution in [2.24, 2.45) is 11.1 Å². The molecule has 3 amide bonds. The third-order valence-corrected chi connectivity index (χ3v) is 4.76. The molecule has 1 saturated heterocycles. The molecule has 0 radical (unpaired) electrons. The topological polar surface area (TPSA) is 105 Å². The number of primary amides is 1. The van der Waals surface area contributed by atoms with E-state index in [1.807, 2.05) is 0 Å². The first-order valence-electron chi connectivity index (χ1n) is 10.2. The molecule has 0 saturated carbocycles. The van der Waals surface area contributed by atoms with Crippen LogP contribution in [0, 0.1) is 5.41 Å². The van der Waals surface area contributed by atoms with E-state index in [0.29, 0.717) is 0 Å². The van der Waals surface area contributed by atoms with E-state index in [1.165, 1.54) is 11.0 Å². The molecule has 1 aromatic carbocycles. The van der Waals surface area contributed by atoms with Crippen LogP contribution in [0.25, 0.3) is 0 Å². The third kappa shape index (κ3) is 7.39. The summed E-state index contributed by atoms with van der Waals surface area (Å²) in [5.41, 5.74) is 4.04. The lowest BCUT2D eigenvalue weighted by Gasteiger charge is -2.34. The van der Waals surface area contributed by atoms with Crippen LogP contribution >= 0.6 is 0 Å². The van der Waals surface area contributed by atoms with Gasteiger partial charge in [-0.1, -0.05) is 20.8 Å². The van der Waals surface area contributed by atoms with Gasteiger partial charge >= 0.3 is 0 Å². The summed E-state index contributed by atoms with van der Waals surface area (Å²) >= 11 is 0. The summed E-state index contributed by atoms with van der Waals surface area (Å²) in [6.07, 6.45) is -5.89. The summed E-state index contributed by atoms with van der Waals surface area (Å²) in [6, 6.07) is 1.77. The molecule has 0 aliphatic carbocycles. The maximum Gasteiger partial charge on any atom is 0.265 e. The second-order valence-corrected chi connectivity index (χ2v) is 8.85. The summed E-state index contributed by atoms with van der Waals surface area (Å²) in [4.78, 5) is 39.1. The van der Waals surface area contributed by atoms with Crippen LogP contribution in [-0.2, 0) is 19.1 Å². The molecular weight excluding hydrogens is 448 g/mol. The molecule has 0 unspecified atom stereocenters. The number of morpholine rings is 1. The van der Waals surface area contributed by atoms with Crippen molar-refractivity contribution in [1.29, 1.82) is 0 Å². The van der Waals surface area contributed by atoms with Gasteiger partial charge in [0.05, 0.1) is 13.2 Å². The van der Waals surface area contributed by atoms with Gasteiger partial charge in [-0.25, -0.2) is 17.6 Å². The highest BCUT2D eigenvalue weighted by molar-refractivity contribution is 6.10. The number of alkyl halides is 4. The first-order chi connectivity index (χ1) is 15.3. The van der Waals surface area contributed by atoms with Crippen molar-refractivity contribution in [2.45, 2.75) is 39.7 Å². The van der Waals surface area contributed by atoms with Crippen LogP contribution in [0.2, 0.25) is 0 Å². The summed E-state index contributed by atoms with van der Waals surface area (Å²) in [6.45, 7) is 4.42. The van der Waals surface area contributed by atoms with Crippen molar-refractivity contribution in [3.05, 3.63) is 23.8 Å². The van der Waals surface area contributed by atoms with Crippen molar-refractivity contribution < 1.29 is 36.7 Å². The molecule has 1 aliphatic rings. The smallest absolute Gasteiger partial charge is 0.265 e. The van der Waals surface area contributed by atoms with E-state index in [9.17, 15) is 31.9 Å². The van der Waals surface area contributed by atoms with Gasteiger partial charge in [-0.15, -0.1) is 0 Å². The Morgan fingerprint density at radius 3 is 2.42 bits per heavy atom. The summed E-state index contributed by atoms with van der Waals surface area (Å²) in [5.74, 6) is -2.70. The molecule has 12 heteroatoms. The lowest BCUT2D eigenvalue weighted by Crippen LogP contribution is -2.55. The number of hydrogen-bond acceptors (Lipinski definition) is 5. The SMILES string of the molecule is CC(C)(C)CN(CC(F)F)[C@H](C(N)=O)C(=O)Nc1ccc(N2CCOCC2=O)cc1C(F)F. The highest BCUT2D eigenvalue weighted by Gasteiger charge is 2.36. The van der Waals surface area contributed by atoms with E-state index in [0.717, 1.165) is 17.0 Å². The van der Waals surface area contributed by atoms with Gasteiger partial charge < -0.3 is 20.7 Å². The number of benzene rings is 1. The van der Waals surface area contributed by atoms with Gasteiger partial charge in [0.15, 0.2) is 6.04 Å². The minimum Gasteiger partial charge on any atom is -0.370 e. The second-order valence-electron chi connectivity index (χ2n) is 8.85. The van der Waals surface area contributed by atoms with Crippen molar-refractivity contribution in [3.8, 4) is 0 Å². The standard InChI is InChI=1S/C21H28F4N4O4/c1-21(2,3)11-28(9-15(22)23)17(19(26)31)20(32)27-14-5-4-12(8-13(14)18(24)25)29-6-7-33-10-16(29)30/h4-5,8,15,17-18H,6-7,9-11H2,1-3H3,(H2,26,31)(H,27,32)/t17-/m1/s1. The first-order valence-corrected chi connectivity index (χ1v) is 10.2. The van der Waals surface area contributed by atoms with Crippen LogP contribution in [0.1, 0.15) is 32.8 Å². The molecule has 8 nitrogen and oxygen atoms in total. The number of halogens is 4. The van der Waals surface area contributed by atoms with Gasteiger partial charge in [0, 0.05) is 30.0 Å². The Kier molecular flexibility index (Phi) is 8.78. The Hall–Kier alpha value is -2.73. The predicted molar refractivity (Wildman–Crippen MR) is 113 cm³/mol. The molecule has 0 bridgehead atoms. The van der Waals surface area contributed by atoms with Crippen LogP contribution in [-0.4, -0.2) is 67.9 Å². The Balaban J connectivity index is 2.34. The Bertz CT molecular complexity index is 876. The monoisotopic (exact) mass is 476 g/mol. The average Bonchev–Trinajstić information content (AvgIpc) is 2.66. The van der Waals surface area contributed by atoms with Gasteiger partial charge in [0.2, 0.25) is 5.91 Å². The van der Waals surface area contributed by atoms with Gasteiger partial charge in [0.25, 0.3) is 24.7 Å². The number of anilines is 2. The number of amides is 3. The van der Waals surface area contributed by atoms with Crippen LogP contribution in [0.3, 0.4) is 0 Å². The minimum absolute atomic E-state index is 0.0713. The Morgan fingerprint density at radius 1 is 1.24 bits per heavy atom. The normalized spacial score (nSPS) is 15.9. The zero-order valence-corrected chi connectivity index (χ0v) is 18.6. The van der Waals surface area contributed by atoms with Crippen LogP contribution in [0.5, 0.6) is 0 Å². The molecule has 3 N–H and O–H groups in total. The van der Waals surface area contributed by atoms with E-state index >= 15 is 0 Å². The highest BCUT2D eigenvalue weighted by atomic mass is 19.3. The number of ether oxygens (including phenoxy) is 1. The first kappa shape index (κ1) is 26.5. The third-order valence-electron chi connectivity index (χ3n) is 4.76. The minimum atomic E-state index is -3.03. The number of hydrogen-bond donors (Lipinski definition) is 2. The average molecular weight is 476 g/mol. The molecule has 33 heavy (non-hydrogen) atoms. The van der Waals surface area contributed by atoms with E-state index in [1.54, 1.807) is 20.8 Å². The molecule has 184 valence electrons. The van der Waals surface area contributed by atoms with E-state index in [2.05, 4.69) is 5.32 Å². The number of nitrogens with one attached hydrogen (secondary N) is 1. The lowest BCUT2D eigenvalue weighted by molar-refractivity contribution is -0.134. The van der Waals surface area contributed by atoms with E-state index in [4.69, 9.17) is 10.5 Å². The molecule has 1 heterocycles. The quantitative estimate of drug-likeness (QED) is 0.421. The molecule has 1 aromatic rings. The van der Waals surface area contributed by atoms with Crippen molar-refractivity contribution in [3.63, 3.8) is 0 Å². The summed E-state index contributed by atoms with van der Waals surface area (Å²) in [7, 11) is 0. The lowest BCUT2D eigenvalue weighted by atomic mass is 9.95. The summed E-state index contributed by atoms with van der Waals surface area (Å²) < 4.78 is 58.8. The van der Waals surface area contributed by atoms with Crippen molar-refractivity contribution >= 4 is 29.1 Å². The number of nitrogens with zero attached hydrogens (tertiary/aromatic N) is 2. The zero-order valence-electron chi connectivity index (χ0n) is 18.6. The molecule has 1 fully saturated rings. The van der Waals surface area contributed by atoms with Gasteiger partial charge in [-0.2, -0.15) is 0 Å². The molecule has 2 rings (SSSR count). The number of carbonyl (C=O) groups excluding carboxylic acids is 3. The molecule has 1 atom stereocenters. The molecule has 1 aliphatic heterocycles. The van der Waals surface area contributed by atoms with Crippen LogP contribution in [0.15, 0.2) is 18.2 Å². The Labute approximate surface area is 189 Å². The van der Waals surface area contributed by atoms with E-state index < -0.39 is 54.1 Å².